The average Bonchev–Trinajstić information content (AvgIpc) is 3.47. The number of rotatable bonds is 7. The van der Waals surface area contributed by atoms with Gasteiger partial charge in [-0.25, -0.2) is 4.68 Å². The summed E-state index contributed by atoms with van der Waals surface area (Å²) in [4.78, 5) is 42.5. The van der Waals surface area contributed by atoms with E-state index in [4.69, 9.17) is 16.7 Å². The molecule has 8 nitrogen and oxygen atoms in total. The van der Waals surface area contributed by atoms with Crippen molar-refractivity contribution in [1.82, 2.24) is 24.6 Å². The smallest absolute Gasteiger partial charge is 0.265 e. The molecule has 4 aromatic rings. The molecule has 2 amide bonds. The highest BCUT2D eigenvalue weighted by atomic mass is 35.5. The van der Waals surface area contributed by atoms with E-state index in [9.17, 15) is 14.4 Å². The van der Waals surface area contributed by atoms with Crippen LogP contribution in [-0.2, 0) is 17.6 Å². The van der Waals surface area contributed by atoms with Gasteiger partial charge in [0.2, 0.25) is 5.91 Å². The van der Waals surface area contributed by atoms with E-state index in [1.165, 1.54) is 4.90 Å². The van der Waals surface area contributed by atoms with Crippen molar-refractivity contribution in [3.05, 3.63) is 104 Å². The summed E-state index contributed by atoms with van der Waals surface area (Å²) in [5.74, 6) is -0.519. The van der Waals surface area contributed by atoms with Crippen molar-refractivity contribution in [3.8, 4) is 22.6 Å². The highest BCUT2D eigenvalue weighted by Gasteiger charge is 2.28. The molecule has 2 aromatic carbocycles. The Balaban J connectivity index is 1.82. The number of aromatic nitrogens is 3. The Hall–Kier alpha value is -4.43. The fourth-order valence-corrected chi connectivity index (χ4v) is 5.44. The van der Waals surface area contributed by atoms with Crippen molar-refractivity contribution in [3.63, 3.8) is 0 Å². The van der Waals surface area contributed by atoms with Gasteiger partial charge < -0.3 is 10.2 Å². The van der Waals surface area contributed by atoms with Crippen LogP contribution in [0.2, 0.25) is 5.02 Å². The molecule has 3 heterocycles. The van der Waals surface area contributed by atoms with Gasteiger partial charge in [-0.15, -0.1) is 0 Å². The topological polar surface area (TPSA) is 89.2 Å². The first-order valence-electron chi connectivity index (χ1n) is 14.2. The number of allylic oxidation sites excluding steroid dienone is 1. The minimum absolute atomic E-state index is 0.0431. The zero-order chi connectivity index (χ0) is 30.0. The van der Waals surface area contributed by atoms with Gasteiger partial charge in [-0.3, -0.25) is 19.0 Å². The van der Waals surface area contributed by atoms with Gasteiger partial charge in [0, 0.05) is 24.3 Å². The maximum atomic E-state index is 14.6. The van der Waals surface area contributed by atoms with Gasteiger partial charge in [0.25, 0.3) is 11.5 Å². The number of aryl methyl sites for hydroxylation is 2. The molecule has 216 valence electrons. The minimum Gasteiger partial charge on any atom is -0.353 e. The van der Waals surface area contributed by atoms with Crippen molar-refractivity contribution >= 4 is 29.5 Å². The summed E-state index contributed by atoms with van der Waals surface area (Å²) in [6.07, 6.45) is 5.06. The average molecular weight is 584 g/mol. The second-order valence-corrected chi connectivity index (χ2v) is 11.0. The third kappa shape index (κ3) is 5.67. The van der Waals surface area contributed by atoms with Crippen LogP contribution in [0.1, 0.15) is 54.9 Å². The second-order valence-electron chi connectivity index (χ2n) is 10.5. The number of para-hydroxylation sites is 1. The van der Waals surface area contributed by atoms with E-state index in [-0.39, 0.29) is 23.9 Å². The van der Waals surface area contributed by atoms with Crippen LogP contribution in [0.4, 0.5) is 0 Å². The van der Waals surface area contributed by atoms with Crippen LogP contribution >= 0.6 is 11.6 Å². The molecule has 0 saturated carbocycles. The van der Waals surface area contributed by atoms with Crippen molar-refractivity contribution in [2.24, 2.45) is 0 Å². The Morgan fingerprint density at radius 2 is 1.71 bits per heavy atom. The van der Waals surface area contributed by atoms with Crippen LogP contribution in [-0.4, -0.2) is 50.7 Å². The summed E-state index contributed by atoms with van der Waals surface area (Å²) in [6, 6.07) is 16.7. The Bertz CT molecular complexity index is 1720. The number of pyridine rings is 1. The number of hydrogen-bond acceptors (Lipinski definition) is 4. The largest absolute Gasteiger partial charge is 0.353 e. The quantitative estimate of drug-likeness (QED) is 0.313. The number of piperazine rings is 1. The molecule has 2 aromatic heterocycles. The second kappa shape index (κ2) is 12.2. The molecule has 5 rings (SSSR count). The number of benzene rings is 2. The molecule has 0 aliphatic carbocycles. The van der Waals surface area contributed by atoms with Gasteiger partial charge in [-0.2, -0.15) is 5.10 Å². The SMILES string of the molecule is CCc1cccc(CC)c1-n1c(C=C(C)C)c(C(=O)N2CCNC(=O)C2)cc(-c2ccn(-c3ccc(Cl)cc3)n2)c1=O. The third-order valence-electron chi connectivity index (χ3n) is 7.37. The molecule has 0 radical (unpaired) electrons. The van der Waals surface area contributed by atoms with Crippen molar-refractivity contribution in [1.29, 1.82) is 0 Å². The van der Waals surface area contributed by atoms with Crippen LogP contribution in [0.15, 0.2) is 71.2 Å². The minimum atomic E-state index is -0.309. The van der Waals surface area contributed by atoms with Gasteiger partial charge in [-0.05, 0) is 80.3 Å². The molecule has 0 bridgehead atoms. The Kier molecular flexibility index (Phi) is 8.45. The lowest BCUT2D eigenvalue weighted by atomic mass is 9.99. The number of nitrogens with one attached hydrogen (secondary N) is 1. The van der Waals surface area contributed by atoms with Crippen LogP contribution < -0.4 is 10.9 Å². The van der Waals surface area contributed by atoms with E-state index < -0.39 is 0 Å². The van der Waals surface area contributed by atoms with Crippen LogP contribution in [0, 0.1) is 0 Å². The summed E-state index contributed by atoms with van der Waals surface area (Å²) < 4.78 is 3.35. The number of carbonyl (C=O) groups excluding carboxylic acids is 2. The maximum absolute atomic E-state index is 14.6. The van der Waals surface area contributed by atoms with E-state index in [0.29, 0.717) is 53.5 Å². The first-order valence-corrected chi connectivity index (χ1v) is 14.5. The molecule has 0 atom stereocenters. The van der Waals surface area contributed by atoms with Crippen molar-refractivity contribution in [2.75, 3.05) is 19.6 Å². The van der Waals surface area contributed by atoms with Gasteiger partial charge in [0.05, 0.1) is 40.4 Å². The fourth-order valence-electron chi connectivity index (χ4n) is 5.31. The molecule has 1 aliphatic heterocycles. The van der Waals surface area contributed by atoms with E-state index >= 15 is 0 Å². The molecule has 1 saturated heterocycles. The predicted octanol–water partition coefficient (Wildman–Crippen LogP) is 5.46. The van der Waals surface area contributed by atoms with Crippen LogP contribution in [0.3, 0.4) is 0 Å². The number of hydrogen-bond donors (Lipinski definition) is 1. The zero-order valence-electron chi connectivity index (χ0n) is 24.3. The molecule has 1 aliphatic rings. The summed E-state index contributed by atoms with van der Waals surface area (Å²) in [5.41, 5.74) is 5.79. The number of halogens is 1. The molecule has 9 heteroatoms. The van der Waals surface area contributed by atoms with E-state index in [1.807, 2.05) is 50.3 Å². The van der Waals surface area contributed by atoms with Gasteiger partial charge in [0.1, 0.15) is 0 Å². The number of nitrogens with zero attached hydrogens (tertiary/aromatic N) is 4. The summed E-state index contributed by atoms with van der Waals surface area (Å²) in [6.45, 7) is 8.69. The van der Waals surface area contributed by atoms with Crippen molar-refractivity contribution < 1.29 is 9.59 Å². The molecule has 1 fully saturated rings. The fraction of sp³-hybridized carbons (Fsp3) is 0.273. The van der Waals surface area contributed by atoms with Gasteiger partial charge in [-0.1, -0.05) is 49.2 Å². The lowest BCUT2D eigenvalue weighted by Crippen LogP contribution is -2.50. The summed E-state index contributed by atoms with van der Waals surface area (Å²) in [7, 11) is 0. The number of carbonyl (C=O) groups is 2. The molecule has 0 spiro atoms. The molecule has 1 N–H and O–H groups in total. The normalized spacial score (nSPS) is 13.2. The first kappa shape index (κ1) is 29.1. The van der Waals surface area contributed by atoms with Crippen LogP contribution in [0.25, 0.3) is 28.7 Å². The van der Waals surface area contributed by atoms with Crippen molar-refractivity contribution in [2.45, 2.75) is 40.5 Å². The van der Waals surface area contributed by atoms with Crippen LogP contribution in [0.5, 0.6) is 0 Å². The van der Waals surface area contributed by atoms with E-state index in [1.54, 1.807) is 39.7 Å². The van der Waals surface area contributed by atoms with E-state index in [0.717, 1.165) is 28.1 Å². The Labute approximate surface area is 250 Å². The molecule has 0 unspecified atom stereocenters. The van der Waals surface area contributed by atoms with Gasteiger partial charge >= 0.3 is 0 Å². The molecule has 42 heavy (non-hydrogen) atoms. The monoisotopic (exact) mass is 583 g/mol. The van der Waals surface area contributed by atoms with Gasteiger partial charge in [0.15, 0.2) is 0 Å². The summed E-state index contributed by atoms with van der Waals surface area (Å²) in [5, 5.41) is 8.12. The molecular weight excluding hydrogens is 550 g/mol. The summed E-state index contributed by atoms with van der Waals surface area (Å²) >= 11 is 6.08. The standard InChI is InChI=1S/C33H34ClN5O3/c1-5-22-8-7-9-23(6-2)31(22)39-29(18-21(3)4)27(32(41)37-17-15-35-30(40)20-37)19-26(33(39)42)28-14-16-38(36-28)25-12-10-24(34)11-13-25/h7-14,16,18-19H,5-6,15,17,20H2,1-4H3,(H,35,40). The number of amides is 2. The Morgan fingerprint density at radius 3 is 2.33 bits per heavy atom. The highest BCUT2D eigenvalue weighted by molar-refractivity contribution is 6.30. The lowest BCUT2D eigenvalue weighted by molar-refractivity contribution is -0.123. The third-order valence-corrected chi connectivity index (χ3v) is 7.62. The molecular formula is C33H34ClN5O3. The highest BCUT2D eigenvalue weighted by Crippen LogP contribution is 2.28. The van der Waals surface area contributed by atoms with E-state index in [2.05, 4.69) is 19.2 Å². The lowest BCUT2D eigenvalue weighted by Gasteiger charge is -2.28. The first-order chi connectivity index (χ1) is 20.2. The Morgan fingerprint density at radius 1 is 1.02 bits per heavy atom. The zero-order valence-corrected chi connectivity index (χ0v) is 25.0. The predicted molar refractivity (Wildman–Crippen MR) is 167 cm³/mol. The maximum Gasteiger partial charge on any atom is 0.265 e.